The van der Waals surface area contributed by atoms with Crippen LogP contribution in [0.5, 0.6) is 0 Å². The molecule has 0 unspecified atom stereocenters. The Kier molecular flexibility index (Phi) is 4.61. The third-order valence-corrected chi connectivity index (χ3v) is 5.96. The molecule has 2 aromatic carbocycles. The minimum Gasteiger partial charge on any atom is -0.368 e. The normalized spacial score (nSPS) is 19.7. The fraction of sp³-hybridized carbons (Fsp3) is 0.318. The number of benzene rings is 2. The van der Waals surface area contributed by atoms with Crippen LogP contribution in [0, 0.1) is 11.7 Å². The lowest BCUT2D eigenvalue weighted by atomic mass is 10.1. The highest BCUT2D eigenvalue weighted by Gasteiger charge is 2.39. The summed E-state index contributed by atoms with van der Waals surface area (Å²) in [5, 5.41) is 7.20. The van der Waals surface area contributed by atoms with E-state index in [0.717, 1.165) is 18.8 Å². The topological polar surface area (TPSA) is 72.5 Å². The fourth-order valence-corrected chi connectivity index (χ4v) is 4.37. The number of H-pyrrole nitrogens is 1. The molecule has 0 aliphatic carbocycles. The second-order valence-corrected chi connectivity index (χ2v) is 7.76. The summed E-state index contributed by atoms with van der Waals surface area (Å²) < 4.78 is 14.3. The molecule has 0 spiro atoms. The van der Waals surface area contributed by atoms with Crippen LogP contribution in [0.25, 0.3) is 10.9 Å². The Hall–Kier alpha value is -3.42. The smallest absolute Gasteiger partial charge is 0.229 e. The Morgan fingerprint density at radius 2 is 1.80 bits per heavy atom. The van der Waals surface area contributed by atoms with E-state index < -0.39 is 11.7 Å². The van der Waals surface area contributed by atoms with Crippen molar-refractivity contribution < 1.29 is 14.0 Å². The lowest BCUT2D eigenvalue weighted by molar-refractivity contribution is -0.136. The van der Waals surface area contributed by atoms with Gasteiger partial charge in [0, 0.05) is 44.8 Å². The predicted octanol–water partition coefficient (Wildman–Crippen LogP) is 2.40. The molecule has 2 aliphatic heterocycles. The third-order valence-electron chi connectivity index (χ3n) is 5.96. The summed E-state index contributed by atoms with van der Waals surface area (Å²) in [4.78, 5) is 31.2. The van der Waals surface area contributed by atoms with Gasteiger partial charge in [-0.25, -0.2) is 4.39 Å². The summed E-state index contributed by atoms with van der Waals surface area (Å²) >= 11 is 0. The SMILES string of the molecule is O=C([C@H]1CC(=O)N(c2n[nH]c3cccc(F)c23)C1)N1CCN(c2ccccc2)CC1. The Balaban J connectivity index is 1.27. The van der Waals surface area contributed by atoms with Gasteiger partial charge in [0.1, 0.15) is 5.82 Å². The van der Waals surface area contributed by atoms with Crippen LogP contribution >= 0.6 is 0 Å². The van der Waals surface area contributed by atoms with Crippen LogP contribution in [0.3, 0.4) is 0 Å². The molecule has 7 nitrogen and oxygen atoms in total. The van der Waals surface area contributed by atoms with E-state index in [9.17, 15) is 14.0 Å². The van der Waals surface area contributed by atoms with E-state index in [-0.39, 0.29) is 36.0 Å². The molecule has 0 saturated carbocycles. The summed E-state index contributed by atoms with van der Waals surface area (Å²) in [6.45, 7) is 2.99. The highest BCUT2D eigenvalue weighted by molar-refractivity contribution is 6.05. The van der Waals surface area contributed by atoms with Crippen molar-refractivity contribution in [2.45, 2.75) is 6.42 Å². The Morgan fingerprint density at radius 1 is 1.03 bits per heavy atom. The molecule has 0 bridgehead atoms. The van der Waals surface area contributed by atoms with Crippen LogP contribution in [0.4, 0.5) is 15.9 Å². The standard InChI is InChI=1S/C22H22FN5O2/c23-17-7-4-8-18-20(17)21(25-24-18)28-14-15(13-19(28)29)22(30)27-11-9-26(10-12-27)16-5-2-1-3-6-16/h1-8,15H,9-14H2,(H,24,25)/t15-/m0/s1. The zero-order valence-corrected chi connectivity index (χ0v) is 16.4. The average Bonchev–Trinajstić information content (AvgIpc) is 3.38. The molecular weight excluding hydrogens is 385 g/mol. The van der Waals surface area contributed by atoms with Crippen molar-refractivity contribution in [1.82, 2.24) is 15.1 Å². The van der Waals surface area contributed by atoms with Crippen molar-refractivity contribution in [2.75, 3.05) is 42.5 Å². The number of piperazine rings is 1. The lowest BCUT2D eigenvalue weighted by Crippen LogP contribution is -2.50. The lowest BCUT2D eigenvalue weighted by Gasteiger charge is -2.37. The number of carbonyl (C=O) groups is 2. The first-order valence-electron chi connectivity index (χ1n) is 10.1. The maximum absolute atomic E-state index is 14.3. The molecule has 154 valence electrons. The number of amides is 2. The largest absolute Gasteiger partial charge is 0.368 e. The van der Waals surface area contributed by atoms with Gasteiger partial charge in [0.05, 0.1) is 16.8 Å². The molecular formula is C22H22FN5O2. The first kappa shape index (κ1) is 18.6. The minimum atomic E-state index is -0.434. The third kappa shape index (κ3) is 3.18. The van der Waals surface area contributed by atoms with Gasteiger partial charge in [-0.15, -0.1) is 0 Å². The van der Waals surface area contributed by atoms with Crippen LogP contribution < -0.4 is 9.80 Å². The second-order valence-electron chi connectivity index (χ2n) is 7.76. The van der Waals surface area contributed by atoms with Crippen LogP contribution in [0.15, 0.2) is 48.5 Å². The van der Waals surface area contributed by atoms with Crippen LogP contribution in [0.2, 0.25) is 0 Å². The number of anilines is 2. The first-order chi connectivity index (χ1) is 14.6. The number of carbonyl (C=O) groups excluding carboxylic acids is 2. The van der Waals surface area contributed by atoms with E-state index in [4.69, 9.17) is 0 Å². The first-order valence-corrected chi connectivity index (χ1v) is 10.1. The summed E-state index contributed by atoms with van der Waals surface area (Å²) in [6, 6.07) is 14.8. The monoisotopic (exact) mass is 407 g/mol. The molecule has 0 radical (unpaired) electrons. The molecule has 2 saturated heterocycles. The van der Waals surface area contributed by atoms with Gasteiger partial charge in [-0.1, -0.05) is 24.3 Å². The molecule has 8 heteroatoms. The number of rotatable bonds is 3. The number of para-hydroxylation sites is 1. The highest BCUT2D eigenvalue weighted by atomic mass is 19.1. The van der Waals surface area contributed by atoms with E-state index in [1.807, 2.05) is 23.1 Å². The molecule has 5 rings (SSSR count). The maximum Gasteiger partial charge on any atom is 0.229 e. The van der Waals surface area contributed by atoms with Crippen molar-refractivity contribution in [1.29, 1.82) is 0 Å². The molecule has 1 N–H and O–H groups in total. The van der Waals surface area contributed by atoms with Crippen molar-refractivity contribution in [2.24, 2.45) is 5.92 Å². The quantitative estimate of drug-likeness (QED) is 0.724. The summed E-state index contributed by atoms with van der Waals surface area (Å²) in [6.07, 6.45) is 0.126. The number of hydrogen-bond donors (Lipinski definition) is 1. The van der Waals surface area contributed by atoms with Gasteiger partial charge in [-0.3, -0.25) is 19.6 Å². The Bertz CT molecular complexity index is 1090. The predicted molar refractivity (Wildman–Crippen MR) is 112 cm³/mol. The van der Waals surface area contributed by atoms with E-state index in [0.29, 0.717) is 18.6 Å². The van der Waals surface area contributed by atoms with E-state index in [2.05, 4.69) is 27.2 Å². The zero-order valence-electron chi connectivity index (χ0n) is 16.4. The van der Waals surface area contributed by atoms with Gasteiger partial charge < -0.3 is 9.80 Å². The van der Waals surface area contributed by atoms with E-state index in [1.54, 1.807) is 12.1 Å². The zero-order chi connectivity index (χ0) is 20.7. The molecule has 2 amide bonds. The van der Waals surface area contributed by atoms with Crippen molar-refractivity contribution in [3.8, 4) is 0 Å². The van der Waals surface area contributed by atoms with Gasteiger partial charge in [0.15, 0.2) is 5.82 Å². The summed E-state index contributed by atoms with van der Waals surface area (Å²) in [5.41, 5.74) is 1.68. The fourth-order valence-electron chi connectivity index (χ4n) is 4.37. The Morgan fingerprint density at radius 3 is 2.57 bits per heavy atom. The van der Waals surface area contributed by atoms with Crippen molar-refractivity contribution in [3.05, 3.63) is 54.3 Å². The molecule has 3 aromatic rings. The number of hydrogen-bond acceptors (Lipinski definition) is 4. The summed E-state index contributed by atoms with van der Waals surface area (Å²) in [5.74, 6) is -0.820. The Labute approximate surface area is 173 Å². The molecule has 3 heterocycles. The average molecular weight is 407 g/mol. The summed E-state index contributed by atoms with van der Waals surface area (Å²) in [7, 11) is 0. The number of nitrogens with one attached hydrogen (secondary N) is 1. The number of aromatic nitrogens is 2. The van der Waals surface area contributed by atoms with Crippen LogP contribution in [-0.2, 0) is 9.59 Å². The van der Waals surface area contributed by atoms with E-state index >= 15 is 0 Å². The minimum absolute atomic E-state index is 0.0149. The molecule has 1 atom stereocenters. The van der Waals surface area contributed by atoms with Crippen molar-refractivity contribution in [3.63, 3.8) is 0 Å². The van der Waals surface area contributed by atoms with Gasteiger partial charge >= 0.3 is 0 Å². The molecule has 2 fully saturated rings. The van der Waals surface area contributed by atoms with Gasteiger partial charge in [-0.05, 0) is 24.3 Å². The number of nitrogens with zero attached hydrogens (tertiary/aromatic N) is 4. The van der Waals surface area contributed by atoms with Gasteiger partial charge in [0.2, 0.25) is 11.8 Å². The van der Waals surface area contributed by atoms with Gasteiger partial charge in [0.25, 0.3) is 0 Å². The van der Waals surface area contributed by atoms with E-state index in [1.165, 1.54) is 11.0 Å². The highest BCUT2D eigenvalue weighted by Crippen LogP contribution is 2.32. The maximum atomic E-state index is 14.3. The van der Waals surface area contributed by atoms with Gasteiger partial charge in [-0.2, -0.15) is 5.10 Å². The number of aromatic amines is 1. The molecule has 30 heavy (non-hydrogen) atoms. The molecule has 1 aromatic heterocycles. The van der Waals surface area contributed by atoms with Crippen molar-refractivity contribution >= 4 is 34.2 Å². The second kappa shape index (κ2) is 7.44. The van der Waals surface area contributed by atoms with Crippen LogP contribution in [0.1, 0.15) is 6.42 Å². The number of halogens is 1. The van der Waals surface area contributed by atoms with Crippen LogP contribution in [-0.4, -0.2) is 59.6 Å². The molecule has 2 aliphatic rings. The number of fused-ring (bicyclic) bond motifs is 1.